The monoisotopic (exact) mass is 289 g/mol. The molecule has 2 nitrogen and oxygen atoms in total. The molecule has 3 N–H and O–H groups in total. The van der Waals surface area contributed by atoms with E-state index in [0.717, 1.165) is 30.2 Å². The first-order valence-corrected chi connectivity index (χ1v) is 6.95. The summed E-state index contributed by atoms with van der Waals surface area (Å²) in [7, 11) is 0. The maximum atomic E-state index is 10.0. The fourth-order valence-corrected chi connectivity index (χ4v) is 4.06. The first-order valence-electron chi connectivity index (χ1n) is 5.28. The number of hydrogen-bond donors (Lipinski definition) is 2. The number of hydrogen-bond acceptors (Lipinski definition) is 3. The molecule has 1 aromatic rings. The van der Waals surface area contributed by atoms with E-state index in [4.69, 9.17) is 5.73 Å². The van der Waals surface area contributed by atoms with Gasteiger partial charge in [-0.2, -0.15) is 0 Å². The van der Waals surface area contributed by atoms with Gasteiger partial charge in [0.15, 0.2) is 0 Å². The van der Waals surface area contributed by atoms with Crippen LogP contribution in [0.25, 0.3) is 0 Å². The van der Waals surface area contributed by atoms with E-state index >= 15 is 0 Å². The van der Waals surface area contributed by atoms with Gasteiger partial charge in [0.2, 0.25) is 0 Å². The van der Waals surface area contributed by atoms with Gasteiger partial charge < -0.3 is 10.8 Å². The molecule has 1 aliphatic rings. The Kier molecular flexibility index (Phi) is 3.50. The van der Waals surface area contributed by atoms with E-state index < -0.39 is 0 Å². The van der Waals surface area contributed by atoms with Gasteiger partial charge in [0.05, 0.1) is 6.10 Å². The van der Waals surface area contributed by atoms with Crippen LogP contribution in [0.2, 0.25) is 0 Å². The van der Waals surface area contributed by atoms with E-state index in [-0.39, 0.29) is 11.5 Å². The zero-order valence-corrected chi connectivity index (χ0v) is 11.0. The Balaban J connectivity index is 2.18. The first kappa shape index (κ1) is 11.6. The van der Waals surface area contributed by atoms with E-state index in [2.05, 4.69) is 27.4 Å². The van der Waals surface area contributed by atoms with Crippen molar-refractivity contribution in [1.82, 2.24) is 0 Å². The summed E-state index contributed by atoms with van der Waals surface area (Å²) in [4.78, 5) is 1.31. The molecule has 0 radical (unpaired) electrons. The summed E-state index contributed by atoms with van der Waals surface area (Å²) in [6, 6.07) is 2.06. The smallest absolute Gasteiger partial charge is 0.0612 e. The minimum absolute atomic E-state index is 0.0760. The lowest BCUT2D eigenvalue weighted by molar-refractivity contribution is 0.0593. The van der Waals surface area contributed by atoms with Crippen LogP contribution < -0.4 is 5.73 Å². The van der Waals surface area contributed by atoms with E-state index in [1.165, 1.54) is 4.88 Å². The fraction of sp³-hybridized carbons (Fsp3) is 0.636. The molecule has 0 bridgehead atoms. The lowest BCUT2D eigenvalue weighted by Gasteiger charge is -2.31. The van der Waals surface area contributed by atoms with Crippen LogP contribution in [0.4, 0.5) is 0 Å². The SMILES string of the molecule is NCC1(Cc2sccc2Br)CCCC1O. The third-order valence-electron chi connectivity index (χ3n) is 3.47. The van der Waals surface area contributed by atoms with E-state index in [0.29, 0.717) is 6.54 Å². The highest BCUT2D eigenvalue weighted by Gasteiger charge is 2.41. The van der Waals surface area contributed by atoms with Crippen molar-refractivity contribution >= 4 is 27.3 Å². The number of rotatable bonds is 3. The van der Waals surface area contributed by atoms with Crippen molar-refractivity contribution in [2.75, 3.05) is 6.54 Å². The second kappa shape index (κ2) is 4.53. The van der Waals surface area contributed by atoms with Crippen LogP contribution in [-0.4, -0.2) is 17.8 Å². The zero-order chi connectivity index (χ0) is 10.9. The van der Waals surface area contributed by atoms with Crippen molar-refractivity contribution in [2.24, 2.45) is 11.1 Å². The summed E-state index contributed by atoms with van der Waals surface area (Å²) in [5, 5.41) is 12.1. The van der Waals surface area contributed by atoms with Crippen LogP contribution >= 0.6 is 27.3 Å². The molecule has 0 spiro atoms. The van der Waals surface area contributed by atoms with Gasteiger partial charge in [-0.05, 0) is 46.6 Å². The lowest BCUT2D eigenvalue weighted by Crippen LogP contribution is -2.39. The molecule has 4 heteroatoms. The van der Waals surface area contributed by atoms with Crippen molar-refractivity contribution < 1.29 is 5.11 Å². The second-order valence-electron chi connectivity index (χ2n) is 4.34. The quantitative estimate of drug-likeness (QED) is 0.898. The van der Waals surface area contributed by atoms with Crippen LogP contribution in [0.1, 0.15) is 24.1 Å². The summed E-state index contributed by atoms with van der Waals surface area (Å²) in [5.74, 6) is 0. The first-order chi connectivity index (χ1) is 7.18. The lowest BCUT2D eigenvalue weighted by atomic mass is 9.80. The molecule has 1 saturated carbocycles. The predicted octanol–water partition coefficient (Wildman–Crippen LogP) is 2.54. The van der Waals surface area contributed by atoms with Gasteiger partial charge in [-0.15, -0.1) is 11.3 Å². The Morgan fingerprint density at radius 2 is 2.47 bits per heavy atom. The van der Waals surface area contributed by atoms with Gasteiger partial charge in [0.25, 0.3) is 0 Å². The number of aliphatic hydroxyl groups is 1. The third-order valence-corrected chi connectivity index (χ3v) is 5.40. The third kappa shape index (κ3) is 2.13. The van der Waals surface area contributed by atoms with Crippen molar-refractivity contribution in [3.8, 4) is 0 Å². The topological polar surface area (TPSA) is 46.2 Å². The van der Waals surface area contributed by atoms with E-state index in [1.807, 2.05) is 0 Å². The predicted molar refractivity (Wildman–Crippen MR) is 67.1 cm³/mol. The molecular weight excluding hydrogens is 274 g/mol. The van der Waals surface area contributed by atoms with Gasteiger partial charge in [0.1, 0.15) is 0 Å². The van der Waals surface area contributed by atoms with Crippen LogP contribution in [0.5, 0.6) is 0 Å². The average Bonchev–Trinajstić information content (AvgIpc) is 2.77. The Labute approximate surface area is 103 Å². The Morgan fingerprint density at radius 3 is 2.93 bits per heavy atom. The van der Waals surface area contributed by atoms with Crippen LogP contribution in [0.15, 0.2) is 15.9 Å². The molecule has 0 amide bonds. The van der Waals surface area contributed by atoms with Crippen LogP contribution in [-0.2, 0) is 6.42 Å². The number of aliphatic hydroxyl groups excluding tert-OH is 1. The Hall–Kier alpha value is 0.1000. The number of halogens is 1. The molecular formula is C11H16BrNOS. The normalized spacial score (nSPS) is 31.0. The minimum Gasteiger partial charge on any atom is -0.392 e. The summed E-state index contributed by atoms with van der Waals surface area (Å²) in [5.41, 5.74) is 5.78. The highest BCUT2D eigenvalue weighted by atomic mass is 79.9. The average molecular weight is 290 g/mol. The molecule has 1 fully saturated rings. The zero-order valence-electron chi connectivity index (χ0n) is 8.58. The Morgan fingerprint density at radius 1 is 1.67 bits per heavy atom. The maximum absolute atomic E-state index is 10.0. The van der Waals surface area contributed by atoms with Crippen LogP contribution in [0.3, 0.4) is 0 Å². The second-order valence-corrected chi connectivity index (χ2v) is 6.20. The molecule has 2 atom stereocenters. The molecule has 0 saturated heterocycles. The Bertz CT molecular complexity index is 341. The van der Waals surface area contributed by atoms with Crippen molar-refractivity contribution in [3.63, 3.8) is 0 Å². The van der Waals surface area contributed by atoms with Crippen molar-refractivity contribution in [2.45, 2.75) is 31.8 Å². The molecule has 1 heterocycles. The fourth-order valence-electron chi connectivity index (χ4n) is 2.41. The largest absolute Gasteiger partial charge is 0.392 e. The molecule has 84 valence electrons. The van der Waals surface area contributed by atoms with Gasteiger partial charge in [-0.25, -0.2) is 0 Å². The molecule has 2 unspecified atom stereocenters. The van der Waals surface area contributed by atoms with Crippen molar-refractivity contribution in [3.05, 3.63) is 20.8 Å². The molecule has 1 aromatic heterocycles. The van der Waals surface area contributed by atoms with Gasteiger partial charge >= 0.3 is 0 Å². The molecule has 2 rings (SSSR count). The van der Waals surface area contributed by atoms with Gasteiger partial charge in [0, 0.05) is 21.3 Å². The van der Waals surface area contributed by atoms with E-state index in [9.17, 15) is 5.11 Å². The number of nitrogens with two attached hydrogens (primary N) is 1. The minimum atomic E-state index is -0.225. The summed E-state index contributed by atoms with van der Waals surface area (Å²) >= 11 is 5.27. The number of thiophene rings is 1. The molecule has 1 aliphatic carbocycles. The summed E-state index contributed by atoms with van der Waals surface area (Å²) in [6.07, 6.45) is 3.73. The summed E-state index contributed by atoms with van der Waals surface area (Å²) in [6.45, 7) is 0.582. The van der Waals surface area contributed by atoms with Gasteiger partial charge in [-0.1, -0.05) is 6.42 Å². The highest BCUT2D eigenvalue weighted by Crippen LogP contribution is 2.42. The molecule has 0 aromatic carbocycles. The van der Waals surface area contributed by atoms with Gasteiger partial charge in [-0.3, -0.25) is 0 Å². The highest BCUT2D eigenvalue weighted by molar-refractivity contribution is 9.10. The molecule has 0 aliphatic heterocycles. The van der Waals surface area contributed by atoms with E-state index in [1.54, 1.807) is 11.3 Å². The van der Waals surface area contributed by atoms with Crippen LogP contribution in [0, 0.1) is 5.41 Å². The maximum Gasteiger partial charge on any atom is 0.0612 e. The summed E-state index contributed by atoms with van der Waals surface area (Å²) < 4.78 is 1.15. The van der Waals surface area contributed by atoms with Crippen molar-refractivity contribution in [1.29, 1.82) is 0 Å². The standard InChI is InChI=1S/C11H16BrNOS/c12-8-3-5-15-9(8)6-11(7-13)4-1-2-10(11)14/h3,5,10,14H,1-2,4,6-7,13H2. The molecule has 15 heavy (non-hydrogen) atoms.